The number of hydrogen-bond donors (Lipinski definition) is 1. The van der Waals surface area contributed by atoms with E-state index < -0.39 is 5.97 Å². The van der Waals surface area contributed by atoms with E-state index in [1.54, 1.807) is 23.5 Å². The topological polar surface area (TPSA) is 63.1 Å². The standard InChI is InChI=1S/C21H22N2O2S/c1-12(2)19-20(13(3)4)23-17(10-22-19)18-9-16(11-26-18)14-5-7-15(8-6-14)21(24)25/h5-13H,1-4H3,(H,24,25). The highest BCUT2D eigenvalue weighted by molar-refractivity contribution is 7.14. The second kappa shape index (κ2) is 7.38. The monoisotopic (exact) mass is 366 g/mol. The molecule has 0 bridgehead atoms. The molecular weight excluding hydrogens is 344 g/mol. The molecule has 2 aromatic heterocycles. The third kappa shape index (κ3) is 3.68. The van der Waals surface area contributed by atoms with Crippen LogP contribution in [0, 0.1) is 0 Å². The molecule has 0 aliphatic rings. The predicted octanol–water partition coefficient (Wildman–Crippen LogP) is 5.82. The lowest BCUT2D eigenvalue weighted by Gasteiger charge is -2.14. The summed E-state index contributed by atoms with van der Waals surface area (Å²) in [5.74, 6) is -0.243. The molecule has 0 spiro atoms. The van der Waals surface area contributed by atoms with Gasteiger partial charge >= 0.3 is 5.97 Å². The second-order valence-corrected chi connectivity index (χ2v) is 7.83. The Morgan fingerprint density at radius 1 is 1.00 bits per heavy atom. The number of hydrogen-bond acceptors (Lipinski definition) is 4. The highest BCUT2D eigenvalue weighted by Crippen LogP contribution is 2.33. The van der Waals surface area contributed by atoms with Crippen LogP contribution in [0.4, 0.5) is 0 Å². The maximum Gasteiger partial charge on any atom is 0.335 e. The van der Waals surface area contributed by atoms with Crippen LogP contribution < -0.4 is 0 Å². The van der Waals surface area contributed by atoms with Crippen molar-refractivity contribution in [2.45, 2.75) is 39.5 Å². The Hall–Kier alpha value is -2.53. The smallest absolute Gasteiger partial charge is 0.335 e. The van der Waals surface area contributed by atoms with E-state index in [1.807, 2.05) is 18.3 Å². The summed E-state index contributed by atoms with van der Waals surface area (Å²) in [5, 5.41) is 11.1. The van der Waals surface area contributed by atoms with Gasteiger partial charge in [-0.05, 0) is 46.5 Å². The average molecular weight is 366 g/mol. The minimum absolute atomic E-state index is 0.293. The Labute approximate surface area is 157 Å². The fourth-order valence-corrected chi connectivity index (χ4v) is 3.70. The maximum atomic E-state index is 11.0. The van der Waals surface area contributed by atoms with E-state index in [4.69, 9.17) is 10.1 Å². The summed E-state index contributed by atoms with van der Waals surface area (Å²) in [7, 11) is 0. The first kappa shape index (κ1) is 18.3. The van der Waals surface area contributed by atoms with Crippen molar-refractivity contribution < 1.29 is 9.90 Å². The van der Waals surface area contributed by atoms with E-state index in [2.05, 4.69) is 44.1 Å². The van der Waals surface area contributed by atoms with Gasteiger partial charge in [-0.1, -0.05) is 39.8 Å². The van der Waals surface area contributed by atoms with Crippen molar-refractivity contribution in [1.82, 2.24) is 9.97 Å². The van der Waals surface area contributed by atoms with Crippen molar-refractivity contribution in [3.63, 3.8) is 0 Å². The summed E-state index contributed by atoms with van der Waals surface area (Å²) in [5.41, 5.74) is 5.34. The predicted molar refractivity (Wildman–Crippen MR) is 106 cm³/mol. The largest absolute Gasteiger partial charge is 0.478 e. The summed E-state index contributed by atoms with van der Waals surface area (Å²) in [6.45, 7) is 8.56. The zero-order valence-corrected chi connectivity index (χ0v) is 16.2. The molecule has 26 heavy (non-hydrogen) atoms. The Bertz CT molecular complexity index is 927. The van der Waals surface area contributed by atoms with Crippen LogP contribution in [0.2, 0.25) is 0 Å². The molecule has 1 aromatic carbocycles. The fraction of sp³-hybridized carbons (Fsp3) is 0.286. The number of benzene rings is 1. The zero-order chi connectivity index (χ0) is 18.8. The summed E-state index contributed by atoms with van der Waals surface area (Å²) in [4.78, 5) is 21.6. The van der Waals surface area contributed by atoms with Crippen molar-refractivity contribution in [2.75, 3.05) is 0 Å². The van der Waals surface area contributed by atoms with Crippen LogP contribution >= 0.6 is 11.3 Å². The molecule has 0 aliphatic carbocycles. The lowest BCUT2D eigenvalue weighted by molar-refractivity contribution is 0.0697. The third-order valence-electron chi connectivity index (χ3n) is 4.24. The second-order valence-electron chi connectivity index (χ2n) is 6.92. The first-order chi connectivity index (χ1) is 12.4. The number of nitrogens with zero attached hydrogens (tertiary/aromatic N) is 2. The molecule has 0 unspecified atom stereocenters. The van der Waals surface area contributed by atoms with E-state index in [1.165, 1.54) is 0 Å². The van der Waals surface area contributed by atoms with Crippen molar-refractivity contribution in [3.8, 4) is 21.7 Å². The SMILES string of the molecule is CC(C)c1ncc(-c2cc(-c3ccc(C(=O)O)cc3)cs2)nc1C(C)C. The van der Waals surface area contributed by atoms with Gasteiger partial charge in [0.2, 0.25) is 0 Å². The first-order valence-corrected chi connectivity index (χ1v) is 9.54. The van der Waals surface area contributed by atoms with E-state index in [-0.39, 0.29) is 0 Å². The van der Waals surface area contributed by atoms with Gasteiger partial charge in [-0.2, -0.15) is 0 Å². The minimum atomic E-state index is -0.913. The number of carboxylic acids is 1. The van der Waals surface area contributed by atoms with Crippen LogP contribution in [0.3, 0.4) is 0 Å². The van der Waals surface area contributed by atoms with Crippen LogP contribution in [0.5, 0.6) is 0 Å². The van der Waals surface area contributed by atoms with E-state index >= 15 is 0 Å². The molecule has 0 saturated heterocycles. The van der Waals surface area contributed by atoms with Crippen LogP contribution in [-0.4, -0.2) is 21.0 Å². The summed E-state index contributed by atoms with van der Waals surface area (Å²) >= 11 is 1.62. The van der Waals surface area contributed by atoms with Gasteiger partial charge in [0.1, 0.15) is 0 Å². The van der Waals surface area contributed by atoms with Gasteiger partial charge in [-0.15, -0.1) is 11.3 Å². The summed E-state index contributed by atoms with van der Waals surface area (Å²) in [6.07, 6.45) is 1.85. The van der Waals surface area contributed by atoms with Gasteiger partial charge in [0.15, 0.2) is 0 Å². The van der Waals surface area contributed by atoms with Crippen LogP contribution in [-0.2, 0) is 0 Å². The van der Waals surface area contributed by atoms with Crippen molar-refractivity contribution in [3.05, 3.63) is 58.9 Å². The maximum absolute atomic E-state index is 11.0. The molecule has 0 radical (unpaired) electrons. The Balaban J connectivity index is 1.94. The number of aromatic carboxylic acids is 1. The van der Waals surface area contributed by atoms with E-state index in [0.29, 0.717) is 17.4 Å². The molecular formula is C21H22N2O2S. The molecule has 5 heteroatoms. The molecule has 1 N–H and O–H groups in total. The van der Waals surface area contributed by atoms with Gasteiger partial charge in [0.05, 0.1) is 33.7 Å². The normalized spacial score (nSPS) is 11.3. The van der Waals surface area contributed by atoms with Crippen molar-refractivity contribution in [1.29, 1.82) is 0 Å². The number of carbonyl (C=O) groups is 1. The molecule has 0 aliphatic heterocycles. The number of aromatic nitrogens is 2. The summed E-state index contributed by atoms with van der Waals surface area (Å²) < 4.78 is 0. The zero-order valence-electron chi connectivity index (χ0n) is 15.4. The van der Waals surface area contributed by atoms with Crippen LogP contribution in [0.25, 0.3) is 21.7 Å². The lowest BCUT2D eigenvalue weighted by atomic mass is 10.0. The highest BCUT2D eigenvalue weighted by atomic mass is 32.1. The number of carboxylic acid groups (broad SMARTS) is 1. The number of rotatable bonds is 5. The molecule has 2 heterocycles. The Kier molecular flexibility index (Phi) is 5.18. The third-order valence-corrected chi connectivity index (χ3v) is 5.19. The van der Waals surface area contributed by atoms with Crippen molar-refractivity contribution >= 4 is 17.3 Å². The fourth-order valence-electron chi connectivity index (χ4n) is 2.83. The van der Waals surface area contributed by atoms with Gasteiger partial charge in [-0.25, -0.2) is 9.78 Å². The average Bonchev–Trinajstić information content (AvgIpc) is 3.11. The Morgan fingerprint density at radius 2 is 1.65 bits per heavy atom. The van der Waals surface area contributed by atoms with Gasteiger partial charge in [-0.3, -0.25) is 4.98 Å². The van der Waals surface area contributed by atoms with Crippen LogP contribution in [0.1, 0.15) is 61.3 Å². The van der Waals surface area contributed by atoms with Gasteiger partial charge < -0.3 is 5.11 Å². The van der Waals surface area contributed by atoms with Crippen molar-refractivity contribution in [2.24, 2.45) is 0 Å². The lowest BCUT2D eigenvalue weighted by Crippen LogP contribution is -2.05. The minimum Gasteiger partial charge on any atom is -0.478 e. The molecule has 134 valence electrons. The highest BCUT2D eigenvalue weighted by Gasteiger charge is 2.16. The van der Waals surface area contributed by atoms with Crippen LogP contribution in [0.15, 0.2) is 41.9 Å². The Morgan fingerprint density at radius 3 is 2.23 bits per heavy atom. The molecule has 0 fully saturated rings. The van der Waals surface area contributed by atoms with Gasteiger partial charge in [0.25, 0.3) is 0 Å². The van der Waals surface area contributed by atoms with Gasteiger partial charge in [0, 0.05) is 0 Å². The molecule has 3 rings (SSSR count). The van der Waals surface area contributed by atoms with E-state index in [9.17, 15) is 4.79 Å². The molecule has 0 amide bonds. The molecule has 3 aromatic rings. The van der Waals surface area contributed by atoms with E-state index in [0.717, 1.165) is 33.1 Å². The summed E-state index contributed by atoms with van der Waals surface area (Å²) in [6, 6.07) is 9.01. The molecule has 0 atom stereocenters. The quantitative estimate of drug-likeness (QED) is 0.618. The first-order valence-electron chi connectivity index (χ1n) is 8.66. The number of thiophene rings is 1. The molecule has 4 nitrogen and oxygen atoms in total. The molecule has 0 saturated carbocycles.